The summed E-state index contributed by atoms with van der Waals surface area (Å²) >= 11 is 0. The van der Waals surface area contributed by atoms with E-state index in [-0.39, 0.29) is 24.1 Å². The van der Waals surface area contributed by atoms with Gasteiger partial charge < -0.3 is 14.4 Å². The lowest BCUT2D eigenvalue weighted by atomic mass is 9.97. The minimum Gasteiger partial charge on any atom is -0.497 e. The Kier molecular flexibility index (Phi) is 9.06. The van der Waals surface area contributed by atoms with E-state index in [1.165, 1.54) is 28.1 Å². The van der Waals surface area contributed by atoms with Gasteiger partial charge in [0, 0.05) is 38.2 Å². The maximum Gasteiger partial charge on any atom is 0.262 e. The summed E-state index contributed by atoms with van der Waals surface area (Å²) in [5.74, 6) is -0.451. The molecule has 3 aromatic carbocycles. The Balaban J connectivity index is 1.41. The van der Waals surface area contributed by atoms with Gasteiger partial charge in [-0.2, -0.15) is 5.10 Å². The first-order chi connectivity index (χ1) is 19.9. The van der Waals surface area contributed by atoms with Crippen molar-refractivity contribution in [2.75, 3.05) is 53.0 Å². The Morgan fingerprint density at radius 3 is 2.46 bits per heavy atom. The highest BCUT2D eigenvalue weighted by molar-refractivity contribution is 6.03. The summed E-state index contributed by atoms with van der Waals surface area (Å²) in [6.45, 7) is 5.52. The number of amides is 2. The molecule has 5 rings (SSSR count). The fourth-order valence-corrected chi connectivity index (χ4v) is 5.13. The summed E-state index contributed by atoms with van der Waals surface area (Å²) < 4.78 is 24.7. The summed E-state index contributed by atoms with van der Waals surface area (Å²) in [6, 6.07) is 20.9. The molecule has 0 aliphatic carbocycles. The lowest BCUT2D eigenvalue weighted by Crippen LogP contribution is -2.46. The van der Waals surface area contributed by atoms with Crippen molar-refractivity contribution in [2.45, 2.75) is 19.4 Å². The number of halogens is 1. The molecular weight excluding hydrogens is 523 g/mol. The third-order valence-corrected chi connectivity index (χ3v) is 7.53. The van der Waals surface area contributed by atoms with Gasteiger partial charge in [0.25, 0.3) is 11.8 Å². The lowest BCUT2D eigenvalue weighted by Gasteiger charge is -2.31. The molecule has 1 saturated heterocycles. The Bertz CT molecular complexity index is 1390. The Labute approximate surface area is 240 Å². The summed E-state index contributed by atoms with van der Waals surface area (Å²) in [4.78, 5) is 31.2. The molecule has 0 saturated carbocycles. The predicted octanol–water partition coefficient (Wildman–Crippen LogP) is 4.30. The van der Waals surface area contributed by atoms with Gasteiger partial charge in [-0.3, -0.25) is 14.5 Å². The highest BCUT2D eigenvalue weighted by Crippen LogP contribution is 2.33. The van der Waals surface area contributed by atoms with E-state index in [2.05, 4.69) is 4.90 Å². The molecule has 3 aromatic rings. The molecule has 0 aromatic heterocycles. The predicted molar refractivity (Wildman–Crippen MR) is 154 cm³/mol. The summed E-state index contributed by atoms with van der Waals surface area (Å²) in [6.07, 6.45) is 0.534. The molecule has 8 nitrogen and oxygen atoms in total. The quantitative estimate of drug-likeness (QED) is 0.392. The van der Waals surface area contributed by atoms with Crippen LogP contribution in [-0.4, -0.2) is 85.4 Å². The highest BCUT2D eigenvalue weighted by atomic mass is 19.1. The monoisotopic (exact) mass is 558 g/mol. The van der Waals surface area contributed by atoms with Crippen molar-refractivity contribution < 1.29 is 23.5 Å². The SMILES string of the molecule is COc1ccc(C2=NN(C(=O)CN(CCN3CCOCC3)C(=O)c3cccc(F)c3)[C@@H](c3ccc(C)cc3)C2)cc1. The van der Waals surface area contributed by atoms with Crippen molar-refractivity contribution >= 4 is 17.5 Å². The molecule has 1 atom stereocenters. The van der Waals surface area contributed by atoms with Gasteiger partial charge in [-0.1, -0.05) is 35.9 Å². The number of morpholine rings is 1. The number of hydrazone groups is 1. The second-order valence-electron chi connectivity index (χ2n) is 10.3. The average Bonchev–Trinajstić information content (AvgIpc) is 3.45. The van der Waals surface area contributed by atoms with Crippen molar-refractivity contribution in [3.05, 3.63) is 101 Å². The zero-order valence-corrected chi connectivity index (χ0v) is 23.5. The van der Waals surface area contributed by atoms with Crippen LogP contribution in [0.4, 0.5) is 4.39 Å². The van der Waals surface area contributed by atoms with Gasteiger partial charge in [-0.15, -0.1) is 0 Å². The van der Waals surface area contributed by atoms with Crippen molar-refractivity contribution in [3.8, 4) is 5.75 Å². The molecule has 2 heterocycles. The summed E-state index contributed by atoms with van der Waals surface area (Å²) in [5.41, 5.74) is 3.98. The number of carbonyl (C=O) groups excluding carboxylic acids is 2. The van der Waals surface area contributed by atoms with Gasteiger partial charge in [-0.05, 0) is 60.5 Å². The summed E-state index contributed by atoms with van der Waals surface area (Å²) in [5, 5.41) is 6.28. The van der Waals surface area contributed by atoms with Crippen molar-refractivity contribution in [2.24, 2.45) is 5.10 Å². The van der Waals surface area contributed by atoms with Crippen LogP contribution in [0.1, 0.15) is 39.5 Å². The van der Waals surface area contributed by atoms with E-state index in [4.69, 9.17) is 14.6 Å². The van der Waals surface area contributed by atoms with Crippen LogP contribution in [0.15, 0.2) is 77.9 Å². The van der Waals surface area contributed by atoms with E-state index in [9.17, 15) is 14.0 Å². The van der Waals surface area contributed by atoms with E-state index >= 15 is 0 Å². The molecule has 2 aliphatic heterocycles. The molecule has 2 amide bonds. The Morgan fingerprint density at radius 1 is 1.05 bits per heavy atom. The number of carbonyl (C=O) groups is 2. The molecule has 0 bridgehead atoms. The standard InChI is InChI=1S/C32H35FN4O4/c1-23-6-8-25(9-7-23)30-21-29(24-10-12-28(40-2)13-11-24)34-37(30)31(38)22-36(15-14-35-16-18-41-19-17-35)32(39)26-4-3-5-27(33)20-26/h3-13,20,30H,14-19,21-22H2,1-2H3/t30-/m1/s1. The van der Waals surface area contributed by atoms with Crippen LogP contribution in [0.25, 0.3) is 0 Å². The molecule has 214 valence electrons. The number of hydrogen-bond donors (Lipinski definition) is 0. The van der Waals surface area contributed by atoms with E-state index in [0.717, 1.165) is 41.2 Å². The fourth-order valence-electron chi connectivity index (χ4n) is 5.13. The molecule has 0 spiro atoms. The first kappa shape index (κ1) is 28.4. The third-order valence-electron chi connectivity index (χ3n) is 7.53. The number of benzene rings is 3. The van der Waals surface area contributed by atoms with E-state index < -0.39 is 11.7 Å². The van der Waals surface area contributed by atoms with Gasteiger partial charge in [0.05, 0.1) is 32.1 Å². The van der Waals surface area contributed by atoms with Gasteiger partial charge in [0.1, 0.15) is 18.1 Å². The minimum absolute atomic E-state index is 0.179. The second-order valence-corrected chi connectivity index (χ2v) is 10.3. The lowest BCUT2D eigenvalue weighted by molar-refractivity contribution is -0.133. The Morgan fingerprint density at radius 2 is 1.78 bits per heavy atom. The van der Waals surface area contributed by atoms with Gasteiger partial charge >= 0.3 is 0 Å². The first-order valence-electron chi connectivity index (χ1n) is 13.9. The van der Waals surface area contributed by atoms with Gasteiger partial charge in [0.2, 0.25) is 0 Å². The van der Waals surface area contributed by atoms with E-state index in [0.29, 0.717) is 32.7 Å². The molecule has 0 N–H and O–H groups in total. The Hall–Kier alpha value is -4.08. The minimum atomic E-state index is -0.497. The van der Waals surface area contributed by atoms with Crippen LogP contribution < -0.4 is 4.74 Å². The largest absolute Gasteiger partial charge is 0.497 e. The van der Waals surface area contributed by atoms with Crippen LogP contribution in [-0.2, 0) is 9.53 Å². The maximum absolute atomic E-state index is 14.0. The molecule has 1 fully saturated rings. The molecule has 2 aliphatic rings. The average molecular weight is 559 g/mol. The first-order valence-corrected chi connectivity index (χ1v) is 13.9. The topological polar surface area (TPSA) is 74.7 Å². The van der Waals surface area contributed by atoms with Crippen molar-refractivity contribution in [1.82, 2.24) is 14.8 Å². The van der Waals surface area contributed by atoms with Crippen LogP contribution >= 0.6 is 0 Å². The zero-order chi connectivity index (χ0) is 28.8. The normalized spacial score (nSPS) is 17.3. The van der Waals surface area contributed by atoms with Crippen molar-refractivity contribution in [1.29, 1.82) is 0 Å². The smallest absolute Gasteiger partial charge is 0.262 e. The van der Waals surface area contributed by atoms with Crippen molar-refractivity contribution in [3.63, 3.8) is 0 Å². The number of hydrogen-bond acceptors (Lipinski definition) is 6. The van der Waals surface area contributed by atoms with Gasteiger partial charge in [-0.25, -0.2) is 9.40 Å². The maximum atomic E-state index is 14.0. The number of ether oxygens (including phenoxy) is 2. The second kappa shape index (κ2) is 13.1. The molecular formula is C32H35FN4O4. The zero-order valence-electron chi connectivity index (χ0n) is 23.5. The number of nitrogens with zero attached hydrogens (tertiary/aromatic N) is 4. The van der Waals surface area contributed by atoms with Crippen LogP contribution in [0.3, 0.4) is 0 Å². The van der Waals surface area contributed by atoms with Gasteiger partial charge in [0.15, 0.2) is 0 Å². The number of rotatable bonds is 9. The molecule has 0 unspecified atom stereocenters. The highest BCUT2D eigenvalue weighted by Gasteiger charge is 2.34. The van der Waals surface area contributed by atoms with E-state index in [1.807, 2.05) is 55.5 Å². The molecule has 41 heavy (non-hydrogen) atoms. The van der Waals surface area contributed by atoms with Crippen LogP contribution in [0, 0.1) is 12.7 Å². The summed E-state index contributed by atoms with van der Waals surface area (Å²) in [7, 11) is 1.62. The molecule has 0 radical (unpaired) electrons. The fraction of sp³-hybridized carbons (Fsp3) is 0.344. The van der Waals surface area contributed by atoms with Crippen LogP contribution in [0.5, 0.6) is 5.75 Å². The number of aryl methyl sites for hydroxylation is 1. The van der Waals surface area contributed by atoms with Crippen LogP contribution in [0.2, 0.25) is 0 Å². The van der Waals surface area contributed by atoms with E-state index in [1.54, 1.807) is 13.2 Å². The number of methoxy groups -OCH3 is 1. The molecule has 9 heteroatoms. The third kappa shape index (κ3) is 6.99.